The van der Waals surface area contributed by atoms with Crippen molar-refractivity contribution in [2.45, 2.75) is 38.1 Å². The molecule has 0 radical (unpaired) electrons. The molecular weight excluding hydrogens is 240 g/mol. The van der Waals surface area contributed by atoms with Gasteiger partial charge in [-0.25, -0.2) is 4.98 Å². The van der Waals surface area contributed by atoms with Gasteiger partial charge in [-0.1, -0.05) is 19.8 Å². The van der Waals surface area contributed by atoms with Crippen molar-refractivity contribution in [2.75, 3.05) is 11.9 Å². The number of carbonyl (C=O) groups excluding carboxylic acids is 1. The number of carbonyl (C=O) groups is 1. The van der Waals surface area contributed by atoms with Crippen molar-refractivity contribution in [1.29, 1.82) is 0 Å². The Morgan fingerprint density at radius 3 is 3.00 bits per heavy atom. The number of nitrogens with one attached hydrogen (secondary N) is 1. The lowest BCUT2D eigenvalue weighted by molar-refractivity contribution is 0.1000. The first-order valence-corrected chi connectivity index (χ1v) is 6.81. The summed E-state index contributed by atoms with van der Waals surface area (Å²) in [4.78, 5) is 15.5. The average Bonchev–Trinajstić information content (AvgIpc) is 2.42. The summed E-state index contributed by atoms with van der Waals surface area (Å²) in [5.41, 5.74) is 11.6. The van der Waals surface area contributed by atoms with Gasteiger partial charge in [-0.3, -0.25) is 4.79 Å². The molecule has 2 rings (SSSR count). The number of amides is 1. The molecule has 2 atom stereocenters. The van der Waals surface area contributed by atoms with Gasteiger partial charge in [-0.2, -0.15) is 0 Å². The molecule has 5 heteroatoms. The molecule has 1 fully saturated rings. The molecule has 0 aliphatic heterocycles. The van der Waals surface area contributed by atoms with Gasteiger partial charge in [0.15, 0.2) is 0 Å². The van der Waals surface area contributed by atoms with Crippen molar-refractivity contribution in [3.8, 4) is 0 Å². The van der Waals surface area contributed by atoms with Crippen LogP contribution in [0, 0.1) is 5.92 Å². The van der Waals surface area contributed by atoms with E-state index in [2.05, 4.69) is 17.2 Å². The lowest BCUT2D eigenvalue weighted by Gasteiger charge is -2.43. The van der Waals surface area contributed by atoms with Crippen LogP contribution in [0.5, 0.6) is 0 Å². The molecule has 1 aromatic rings. The predicted molar refractivity (Wildman–Crippen MR) is 75.8 cm³/mol. The summed E-state index contributed by atoms with van der Waals surface area (Å²) >= 11 is 0. The van der Waals surface area contributed by atoms with Crippen molar-refractivity contribution in [1.82, 2.24) is 4.98 Å². The first-order chi connectivity index (χ1) is 9.07. The van der Waals surface area contributed by atoms with Crippen LogP contribution in [0.2, 0.25) is 0 Å². The van der Waals surface area contributed by atoms with E-state index in [9.17, 15) is 4.79 Å². The quantitative estimate of drug-likeness (QED) is 0.766. The maximum Gasteiger partial charge on any atom is 0.248 e. The van der Waals surface area contributed by atoms with Crippen LogP contribution < -0.4 is 16.8 Å². The Balaban J connectivity index is 2.22. The predicted octanol–water partition coefficient (Wildman–Crippen LogP) is 1.50. The van der Waals surface area contributed by atoms with Gasteiger partial charge in [0.1, 0.15) is 5.82 Å². The van der Waals surface area contributed by atoms with Crippen molar-refractivity contribution < 1.29 is 4.79 Å². The van der Waals surface area contributed by atoms with Crippen LogP contribution in [-0.2, 0) is 0 Å². The molecule has 5 N–H and O–H groups in total. The molecule has 19 heavy (non-hydrogen) atoms. The second kappa shape index (κ2) is 5.57. The Hall–Kier alpha value is -1.62. The van der Waals surface area contributed by atoms with Crippen LogP contribution in [-0.4, -0.2) is 23.0 Å². The van der Waals surface area contributed by atoms with Crippen LogP contribution in [0.15, 0.2) is 18.3 Å². The van der Waals surface area contributed by atoms with Crippen LogP contribution in [0.25, 0.3) is 0 Å². The van der Waals surface area contributed by atoms with Gasteiger partial charge in [0.2, 0.25) is 5.91 Å². The van der Waals surface area contributed by atoms with Crippen LogP contribution in [0.4, 0.5) is 5.82 Å². The molecule has 1 heterocycles. The molecule has 1 saturated carbocycles. The van der Waals surface area contributed by atoms with Crippen molar-refractivity contribution in [3.63, 3.8) is 0 Å². The SMILES string of the molecule is CC1CCCCC1(CN)Nc1cc(C(N)=O)ccn1. The fraction of sp³-hybridized carbons (Fsp3) is 0.571. The molecule has 104 valence electrons. The highest BCUT2D eigenvalue weighted by atomic mass is 16.1. The fourth-order valence-corrected chi connectivity index (χ4v) is 2.86. The van der Waals surface area contributed by atoms with E-state index < -0.39 is 5.91 Å². The first kappa shape index (κ1) is 13.8. The van der Waals surface area contributed by atoms with Gasteiger partial charge in [0.05, 0.1) is 5.54 Å². The summed E-state index contributed by atoms with van der Waals surface area (Å²) < 4.78 is 0. The number of rotatable bonds is 4. The zero-order chi connectivity index (χ0) is 13.9. The number of hydrogen-bond acceptors (Lipinski definition) is 4. The second-order valence-corrected chi connectivity index (χ2v) is 5.43. The van der Waals surface area contributed by atoms with Crippen LogP contribution >= 0.6 is 0 Å². The maximum atomic E-state index is 11.2. The summed E-state index contributed by atoms with van der Waals surface area (Å²) in [6.45, 7) is 2.79. The minimum absolute atomic E-state index is 0.123. The van der Waals surface area contributed by atoms with Gasteiger partial charge >= 0.3 is 0 Å². The zero-order valence-electron chi connectivity index (χ0n) is 11.4. The topological polar surface area (TPSA) is 94.0 Å². The van der Waals surface area contributed by atoms with Gasteiger partial charge in [0.25, 0.3) is 0 Å². The molecule has 1 amide bonds. The van der Waals surface area contributed by atoms with Gasteiger partial charge in [-0.15, -0.1) is 0 Å². The van der Waals surface area contributed by atoms with E-state index in [1.54, 1.807) is 18.3 Å². The summed E-state index contributed by atoms with van der Waals surface area (Å²) in [6, 6.07) is 3.31. The molecule has 2 unspecified atom stereocenters. The third-order valence-electron chi connectivity index (χ3n) is 4.24. The van der Waals surface area contributed by atoms with E-state index in [4.69, 9.17) is 11.5 Å². The number of nitrogens with zero attached hydrogens (tertiary/aromatic N) is 1. The molecule has 0 spiro atoms. The molecule has 0 bridgehead atoms. The first-order valence-electron chi connectivity index (χ1n) is 6.81. The van der Waals surface area contributed by atoms with Crippen molar-refractivity contribution in [3.05, 3.63) is 23.9 Å². The summed E-state index contributed by atoms with van der Waals surface area (Å²) in [5.74, 6) is 0.727. The van der Waals surface area contributed by atoms with E-state index in [0.717, 1.165) is 6.42 Å². The highest BCUT2D eigenvalue weighted by molar-refractivity contribution is 5.93. The smallest absolute Gasteiger partial charge is 0.248 e. The number of aromatic nitrogens is 1. The number of anilines is 1. The van der Waals surface area contributed by atoms with Crippen molar-refractivity contribution in [2.24, 2.45) is 17.4 Å². The summed E-state index contributed by atoms with van der Waals surface area (Å²) in [6.07, 6.45) is 6.22. The third kappa shape index (κ3) is 2.87. The van der Waals surface area contributed by atoms with Crippen LogP contribution in [0.1, 0.15) is 43.0 Å². The number of primary amides is 1. The maximum absolute atomic E-state index is 11.2. The molecule has 0 saturated heterocycles. The minimum Gasteiger partial charge on any atom is -0.366 e. The summed E-state index contributed by atoms with van der Waals surface area (Å²) in [5, 5.41) is 3.45. The average molecular weight is 262 g/mol. The van der Waals surface area contributed by atoms with E-state index in [1.165, 1.54) is 19.3 Å². The largest absolute Gasteiger partial charge is 0.366 e. The normalized spacial score (nSPS) is 26.9. The number of nitrogens with two attached hydrogens (primary N) is 2. The molecule has 1 aromatic heterocycles. The molecule has 0 aromatic carbocycles. The van der Waals surface area contributed by atoms with E-state index in [1.807, 2.05) is 0 Å². The Kier molecular flexibility index (Phi) is 4.04. The number of hydrogen-bond donors (Lipinski definition) is 3. The highest BCUT2D eigenvalue weighted by Gasteiger charge is 2.37. The number of pyridine rings is 1. The Morgan fingerprint density at radius 2 is 2.37 bits per heavy atom. The second-order valence-electron chi connectivity index (χ2n) is 5.43. The van der Waals surface area contributed by atoms with E-state index >= 15 is 0 Å². The lowest BCUT2D eigenvalue weighted by Crippen LogP contribution is -2.52. The third-order valence-corrected chi connectivity index (χ3v) is 4.24. The lowest BCUT2D eigenvalue weighted by atomic mass is 9.73. The summed E-state index contributed by atoms with van der Waals surface area (Å²) in [7, 11) is 0. The molecular formula is C14H22N4O. The Labute approximate surface area is 113 Å². The Morgan fingerprint density at radius 1 is 1.58 bits per heavy atom. The highest BCUT2D eigenvalue weighted by Crippen LogP contribution is 2.35. The van der Waals surface area contributed by atoms with Gasteiger partial charge in [0, 0.05) is 18.3 Å². The van der Waals surface area contributed by atoms with Gasteiger partial charge in [-0.05, 0) is 30.9 Å². The molecule has 1 aliphatic rings. The standard InChI is InChI=1S/C14H22N4O/c1-10-4-2-3-6-14(10,9-15)18-12-8-11(13(16)19)5-7-17-12/h5,7-8,10H,2-4,6,9,15H2,1H3,(H2,16,19)(H,17,18). The zero-order valence-corrected chi connectivity index (χ0v) is 11.4. The van der Waals surface area contributed by atoms with Crippen LogP contribution in [0.3, 0.4) is 0 Å². The Bertz CT molecular complexity index is 463. The minimum atomic E-state index is -0.441. The van der Waals surface area contributed by atoms with E-state index in [0.29, 0.717) is 23.8 Å². The van der Waals surface area contributed by atoms with Gasteiger partial charge < -0.3 is 16.8 Å². The molecule has 1 aliphatic carbocycles. The van der Waals surface area contributed by atoms with E-state index in [-0.39, 0.29) is 5.54 Å². The molecule has 5 nitrogen and oxygen atoms in total. The van der Waals surface area contributed by atoms with Crippen molar-refractivity contribution >= 4 is 11.7 Å². The fourth-order valence-electron chi connectivity index (χ4n) is 2.86. The monoisotopic (exact) mass is 262 g/mol.